The van der Waals surface area contributed by atoms with Crippen LogP contribution >= 0.6 is 0 Å². The minimum Gasteiger partial charge on any atom is -0.371 e. The highest BCUT2D eigenvalue weighted by molar-refractivity contribution is 5.94. The average molecular weight is 312 g/mol. The van der Waals surface area contributed by atoms with Gasteiger partial charge in [-0.3, -0.25) is 0 Å². The molecule has 0 amide bonds. The Balaban J connectivity index is 2.09. The van der Waals surface area contributed by atoms with Gasteiger partial charge in [0.2, 0.25) is 0 Å². The molecule has 2 rings (SSSR count). The highest BCUT2D eigenvalue weighted by atomic mass is 15.1. The van der Waals surface area contributed by atoms with E-state index in [1.807, 2.05) is 0 Å². The van der Waals surface area contributed by atoms with Crippen LogP contribution in [-0.2, 0) is 0 Å². The molecular formula is C22H33N. The first-order valence-electron chi connectivity index (χ1n) is 9.59. The van der Waals surface area contributed by atoms with Gasteiger partial charge in [-0.05, 0) is 24.3 Å². The number of unbranched alkanes of at least 4 members (excludes halogenated alkanes) is 6. The Kier molecular flexibility index (Phi) is 8.00. The Bertz CT molecular complexity index is 543. The molecule has 1 heteroatoms. The fourth-order valence-electron chi connectivity index (χ4n) is 3.30. The molecule has 0 fully saturated rings. The summed E-state index contributed by atoms with van der Waals surface area (Å²) in [6.45, 7) is 6.96. The molecular weight excluding hydrogens is 278 g/mol. The van der Waals surface area contributed by atoms with Crippen LogP contribution in [0.2, 0.25) is 0 Å². The van der Waals surface area contributed by atoms with Crippen LogP contribution in [0.4, 0.5) is 5.69 Å². The van der Waals surface area contributed by atoms with Gasteiger partial charge >= 0.3 is 0 Å². The third-order valence-electron chi connectivity index (χ3n) is 4.67. The molecule has 0 aliphatic rings. The van der Waals surface area contributed by atoms with E-state index in [9.17, 15) is 0 Å². The van der Waals surface area contributed by atoms with Crippen molar-refractivity contribution in [2.75, 3.05) is 18.0 Å². The summed E-state index contributed by atoms with van der Waals surface area (Å²) in [7, 11) is 0. The predicted molar refractivity (Wildman–Crippen MR) is 104 cm³/mol. The van der Waals surface area contributed by atoms with Crippen molar-refractivity contribution in [2.45, 2.75) is 65.2 Å². The molecule has 0 heterocycles. The quantitative estimate of drug-likeness (QED) is 0.412. The van der Waals surface area contributed by atoms with E-state index in [1.54, 1.807) is 0 Å². The normalized spacial score (nSPS) is 11.0. The van der Waals surface area contributed by atoms with Gasteiger partial charge in [0.15, 0.2) is 0 Å². The Morgan fingerprint density at radius 2 is 1.26 bits per heavy atom. The van der Waals surface area contributed by atoms with Gasteiger partial charge in [0.05, 0.1) is 0 Å². The monoisotopic (exact) mass is 311 g/mol. The predicted octanol–water partition coefficient (Wildman–Crippen LogP) is 6.81. The molecule has 126 valence electrons. The Morgan fingerprint density at radius 3 is 1.91 bits per heavy atom. The van der Waals surface area contributed by atoms with Crippen molar-refractivity contribution in [3.63, 3.8) is 0 Å². The topological polar surface area (TPSA) is 3.24 Å². The average Bonchev–Trinajstić information content (AvgIpc) is 2.60. The van der Waals surface area contributed by atoms with Gasteiger partial charge < -0.3 is 4.90 Å². The fourth-order valence-corrected chi connectivity index (χ4v) is 3.30. The summed E-state index contributed by atoms with van der Waals surface area (Å²) in [4.78, 5) is 2.63. The maximum absolute atomic E-state index is 2.63. The summed E-state index contributed by atoms with van der Waals surface area (Å²) in [6, 6.07) is 15.5. The molecule has 0 radical (unpaired) electrons. The van der Waals surface area contributed by atoms with Gasteiger partial charge in [-0.15, -0.1) is 0 Å². The second kappa shape index (κ2) is 10.3. The van der Waals surface area contributed by atoms with Crippen LogP contribution in [0.3, 0.4) is 0 Å². The highest BCUT2D eigenvalue weighted by Crippen LogP contribution is 2.27. The first kappa shape index (κ1) is 17.8. The molecule has 0 spiro atoms. The summed E-state index contributed by atoms with van der Waals surface area (Å²) in [5.74, 6) is 0. The van der Waals surface area contributed by atoms with Crippen LogP contribution in [0.15, 0.2) is 42.5 Å². The lowest BCUT2D eigenvalue weighted by atomic mass is 10.1. The van der Waals surface area contributed by atoms with Crippen molar-refractivity contribution in [3.8, 4) is 0 Å². The van der Waals surface area contributed by atoms with E-state index in [1.165, 1.54) is 80.9 Å². The van der Waals surface area contributed by atoms with Gasteiger partial charge in [0.25, 0.3) is 0 Å². The van der Waals surface area contributed by atoms with Crippen molar-refractivity contribution in [3.05, 3.63) is 42.5 Å². The van der Waals surface area contributed by atoms with E-state index in [-0.39, 0.29) is 0 Å². The molecule has 0 atom stereocenters. The van der Waals surface area contributed by atoms with Gasteiger partial charge in [-0.2, -0.15) is 0 Å². The Labute approximate surface area is 142 Å². The summed E-state index contributed by atoms with van der Waals surface area (Å²) < 4.78 is 0. The largest absolute Gasteiger partial charge is 0.371 e. The standard InChI is InChI=1S/C22H33N/c1-3-5-7-11-18-23(19-12-8-6-4-2)22-17-13-15-20-14-9-10-16-21(20)22/h9-10,13-17H,3-8,11-12,18-19H2,1-2H3. The van der Waals surface area contributed by atoms with E-state index in [2.05, 4.69) is 61.2 Å². The number of hydrogen-bond donors (Lipinski definition) is 0. The fraction of sp³-hybridized carbons (Fsp3) is 0.545. The van der Waals surface area contributed by atoms with Crippen LogP contribution < -0.4 is 4.90 Å². The van der Waals surface area contributed by atoms with Crippen molar-refractivity contribution in [1.82, 2.24) is 0 Å². The maximum atomic E-state index is 2.63. The van der Waals surface area contributed by atoms with Crippen LogP contribution in [0.5, 0.6) is 0 Å². The zero-order chi connectivity index (χ0) is 16.3. The number of hydrogen-bond acceptors (Lipinski definition) is 1. The molecule has 0 bridgehead atoms. The zero-order valence-corrected chi connectivity index (χ0v) is 15.1. The molecule has 2 aromatic rings. The second-order valence-electron chi connectivity index (χ2n) is 6.61. The van der Waals surface area contributed by atoms with Crippen LogP contribution in [-0.4, -0.2) is 13.1 Å². The molecule has 2 aromatic carbocycles. The van der Waals surface area contributed by atoms with Crippen LogP contribution in [0.25, 0.3) is 10.8 Å². The lowest BCUT2D eigenvalue weighted by Gasteiger charge is -2.26. The molecule has 0 aliphatic heterocycles. The van der Waals surface area contributed by atoms with Gasteiger partial charge in [0.1, 0.15) is 0 Å². The molecule has 0 N–H and O–H groups in total. The highest BCUT2D eigenvalue weighted by Gasteiger charge is 2.09. The van der Waals surface area contributed by atoms with E-state index >= 15 is 0 Å². The van der Waals surface area contributed by atoms with E-state index < -0.39 is 0 Å². The van der Waals surface area contributed by atoms with E-state index in [0.717, 1.165) is 0 Å². The molecule has 0 aromatic heterocycles. The molecule has 0 unspecified atom stereocenters. The molecule has 0 saturated heterocycles. The van der Waals surface area contributed by atoms with Crippen LogP contribution in [0, 0.1) is 0 Å². The molecule has 0 aliphatic carbocycles. The van der Waals surface area contributed by atoms with Gasteiger partial charge in [-0.1, -0.05) is 88.8 Å². The first-order valence-corrected chi connectivity index (χ1v) is 9.59. The van der Waals surface area contributed by atoms with Crippen molar-refractivity contribution >= 4 is 16.5 Å². The minimum atomic E-state index is 1.19. The zero-order valence-electron chi connectivity index (χ0n) is 15.1. The number of nitrogens with zero attached hydrogens (tertiary/aromatic N) is 1. The Hall–Kier alpha value is -1.50. The van der Waals surface area contributed by atoms with Crippen molar-refractivity contribution in [1.29, 1.82) is 0 Å². The smallest absolute Gasteiger partial charge is 0.0445 e. The number of anilines is 1. The summed E-state index contributed by atoms with van der Waals surface area (Å²) in [5, 5.41) is 2.76. The van der Waals surface area contributed by atoms with Crippen LogP contribution in [0.1, 0.15) is 65.2 Å². The van der Waals surface area contributed by atoms with Gasteiger partial charge in [0, 0.05) is 24.2 Å². The summed E-state index contributed by atoms with van der Waals surface area (Å²) in [6.07, 6.45) is 10.7. The third-order valence-corrected chi connectivity index (χ3v) is 4.67. The number of rotatable bonds is 11. The lowest BCUT2D eigenvalue weighted by molar-refractivity contribution is 0.610. The number of benzene rings is 2. The molecule has 1 nitrogen and oxygen atoms in total. The SMILES string of the molecule is CCCCCCN(CCCCCC)c1cccc2ccccc12. The van der Waals surface area contributed by atoms with E-state index in [0.29, 0.717) is 0 Å². The maximum Gasteiger partial charge on any atom is 0.0445 e. The minimum absolute atomic E-state index is 1.19. The van der Waals surface area contributed by atoms with Crippen molar-refractivity contribution in [2.24, 2.45) is 0 Å². The van der Waals surface area contributed by atoms with Gasteiger partial charge in [-0.25, -0.2) is 0 Å². The summed E-state index contributed by atoms with van der Waals surface area (Å²) in [5.41, 5.74) is 1.43. The first-order chi connectivity index (χ1) is 11.4. The summed E-state index contributed by atoms with van der Waals surface area (Å²) >= 11 is 0. The van der Waals surface area contributed by atoms with Crippen molar-refractivity contribution < 1.29 is 0 Å². The molecule has 0 saturated carbocycles. The molecule has 23 heavy (non-hydrogen) atoms. The lowest BCUT2D eigenvalue weighted by Crippen LogP contribution is -2.26. The third kappa shape index (κ3) is 5.57. The number of fused-ring (bicyclic) bond motifs is 1. The van der Waals surface area contributed by atoms with E-state index in [4.69, 9.17) is 0 Å². The Morgan fingerprint density at radius 1 is 0.652 bits per heavy atom. The second-order valence-corrected chi connectivity index (χ2v) is 6.61.